The van der Waals surface area contributed by atoms with Crippen LogP contribution in [0.1, 0.15) is 42.7 Å². The second-order valence-electron chi connectivity index (χ2n) is 7.26. The highest BCUT2D eigenvalue weighted by molar-refractivity contribution is 6.33. The number of carbonyl (C=O) groups is 2. The van der Waals surface area contributed by atoms with Crippen molar-refractivity contribution >= 4 is 46.0 Å². The molecule has 3 aromatic rings. The molecule has 1 atom stereocenters. The van der Waals surface area contributed by atoms with Gasteiger partial charge in [0.2, 0.25) is 0 Å². The maximum absolute atomic E-state index is 13.3. The van der Waals surface area contributed by atoms with E-state index in [1.165, 1.54) is 11.7 Å². The first-order chi connectivity index (χ1) is 14.3. The molecule has 0 aliphatic carbocycles. The summed E-state index contributed by atoms with van der Waals surface area (Å²) < 4.78 is 12.5. The zero-order chi connectivity index (χ0) is 22.0. The van der Waals surface area contributed by atoms with Crippen molar-refractivity contribution in [3.8, 4) is 11.5 Å². The molecule has 0 amide bonds. The zero-order valence-electron chi connectivity index (χ0n) is 17.3. The molecule has 0 N–H and O–H groups in total. The van der Waals surface area contributed by atoms with Crippen LogP contribution in [-0.4, -0.2) is 23.6 Å². The number of fused-ring (bicyclic) bond motifs is 1. The molecule has 5 nitrogen and oxygen atoms in total. The van der Waals surface area contributed by atoms with Crippen LogP contribution in [0.3, 0.4) is 0 Å². The van der Waals surface area contributed by atoms with Crippen molar-refractivity contribution in [3.05, 3.63) is 57.7 Å². The molecule has 0 saturated carbocycles. The standard InChI is InChI=1S/C23H23Cl2NO4/c1-5-13(2)10-21(27)30-22-14(3)26(23(28)15-6-8-16(24)9-7-15)19-12-18(25)20(29-4)11-17(19)22/h6-9,11-13H,5,10H2,1-4H3. The summed E-state index contributed by atoms with van der Waals surface area (Å²) in [4.78, 5) is 25.8. The molecule has 0 spiro atoms. The number of esters is 1. The first kappa shape index (κ1) is 22.2. The lowest BCUT2D eigenvalue weighted by Gasteiger charge is -2.09. The summed E-state index contributed by atoms with van der Waals surface area (Å²) in [5, 5.41) is 1.46. The molecule has 0 aliphatic heterocycles. The highest BCUT2D eigenvalue weighted by atomic mass is 35.5. The largest absolute Gasteiger partial charge is 0.495 e. The number of hydrogen-bond donors (Lipinski definition) is 0. The Balaban J connectivity index is 2.16. The summed E-state index contributed by atoms with van der Waals surface area (Å²) in [7, 11) is 1.50. The molecular formula is C23H23Cl2NO4. The fourth-order valence-electron chi connectivity index (χ4n) is 3.24. The molecule has 3 rings (SSSR count). The van der Waals surface area contributed by atoms with Crippen LogP contribution in [0.2, 0.25) is 10.0 Å². The van der Waals surface area contributed by atoms with Gasteiger partial charge in [-0.1, -0.05) is 43.5 Å². The van der Waals surface area contributed by atoms with Crippen molar-refractivity contribution in [3.63, 3.8) is 0 Å². The molecule has 0 bridgehead atoms. The molecule has 158 valence electrons. The van der Waals surface area contributed by atoms with Gasteiger partial charge in [0.1, 0.15) is 5.75 Å². The first-order valence-electron chi connectivity index (χ1n) is 9.66. The van der Waals surface area contributed by atoms with Gasteiger partial charge in [0.25, 0.3) is 5.91 Å². The minimum Gasteiger partial charge on any atom is -0.495 e. The molecule has 0 radical (unpaired) electrons. The van der Waals surface area contributed by atoms with Crippen LogP contribution in [0, 0.1) is 12.8 Å². The van der Waals surface area contributed by atoms with Crippen LogP contribution in [-0.2, 0) is 4.79 Å². The van der Waals surface area contributed by atoms with Gasteiger partial charge in [-0.15, -0.1) is 0 Å². The second kappa shape index (κ2) is 9.11. The minimum atomic E-state index is -0.348. The average Bonchev–Trinajstić information content (AvgIpc) is 2.97. The van der Waals surface area contributed by atoms with E-state index in [-0.39, 0.29) is 17.8 Å². The Morgan fingerprint density at radius 2 is 1.80 bits per heavy atom. The maximum atomic E-state index is 13.3. The normalized spacial score (nSPS) is 12.1. The summed E-state index contributed by atoms with van der Waals surface area (Å²) in [6.45, 7) is 5.75. The number of methoxy groups -OCH3 is 1. The Bertz CT molecular complexity index is 1100. The SMILES string of the molecule is CCC(C)CC(=O)Oc1c(C)n(C(=O)c2ccc(Cl)cc2)c2cc(Cl)c(OC)cc12. The Morgan fingerprint density at radius 1 is 1.13 bits per heavy atom. The number of hydrogen-bond acceptors (Lipinski definition) is 4. The number of ether oxygens (including phenoxy) is 2. The number of halogens is 2. The Morgan fingerprint density at radius 3 is 2.40 bits per heavy atom. The van der Waals surface area contributed by atoms with Crippen molar-refractivity contribution in [1.82, 2.24) is 4.57 Å². The van der Waals surface area contributed by atoms with Gasteiger partial charge in [-0.3, -0.25) is 14.2 Å². The van der Waals surface area contributed by atoms with Crippen LogP contribution in [0.15, 0.2) is 36.4 Å². The molecule has 1 aromatic heterocycles. The van der Waals surface area contributed by atoms with Crippen LogP contribution in [0.5, 0.6) is 11.5 Å². The highest BCUT2D eigenvalue weighted by Crippen LogP contribution is 2.39. The van der Waals surface area contributed by atoms with Crippen molar-refractivity contribution < 1.29 is 19.1 Å². The van der Waals surface area contributed by atoms with E-state index in [2.05, 4.69) is 0 Å². The van der Waals surface area contributed by atoms with Crippen LogP contribution in [0.4, 0.5) is 0 Å². The fourth-order valence-corrected chi connectivity index (χ4v) is 3.60. The number of rotatable bonds is 6. The van der Waals surface area contributed by atoms with Crippen molar-refractivity contribution in [2.24, 2.45) is 5.92 Å². The van der Waals surface area contributed by atoms with Gasteiger partial charge in [0, 0.05) is 22.4 Å². The number of benzene rings is 2. The molecule has 2 aromatic carbocycles. The molecule has 7 heteroatoms. The molecule has 1 unspecified atom stereocenters. The zero-order valence-corrected chi connectivity index (χ0v) is 18.8. The summed E-state index contributed by atoms with van der Waals surface area (Å²) in [5.74, 6) is 0.333. The molecule has 0 fully saturated rings. The lowest BCUT2D eigenvalue weighted by atomic mass is 10.1. The van der Waals surface area contributed by atoms with E-state index in [4.69, 9.17) is 32.7 Å². The molecule has 0 aliphatic rings. The lowest BCUT2D eigenvalue weighted by molar-refractivity contribution is -0.135. The number of aromatic nitrogens is 1. The molecular weight excluding hydrogens is 425 g/mol. The predicted octanol–water partition coefficient (Wildman–Crippen LogP) is 6.30. The highest BCUT2D eigenvalue weighted by Gasteiger charge is 2.24. The lowest BCUT2D eigenvalue weighted by Crippen LogP contribution is -2.15. The van der Waals surface area contributed by atoms with Crippen LogP contribution >= 0.6 is 23.2 Å². The van der Waals surface area contributed by atoms with Gasteiger partial charge in [-0.05, 0) is 49.2 Å². The summed E-state index contributed by atoms with van der Waals surface area (Å²) in [6, 6.07) is 9.92. The third kappa shape index (κ3) is 4.32. The van der Waals surface area contributed by atoms with Crippen LogP contribution < -0.4 is 9.47 Å². The fraction of sp³-hybridized carbons (Fsp3) is 0.304. The third-order valence-electron chi connectivity index (χ3n) is 5.14. The average molecular weight is 448 g/mol. The van der Waals surface area contributed by atoms with Crippen molar-refractivity contribution in [1.29, 1.82) is 0 Å². The molecule has 0 saturated heterocycles. The van der Waals surface area contributed by atoms with Gasteiger partial charge in [0.15, 0.2) is 5.75 Å². The maximum Gasteiger partial charge on any atom is 0.311 e. The molecule has 1 heterocycles. The van der Waals surface area contributed by atoms with Crippen molar-refractivity contribution in [2.45, 2.75) is 33.6 Å². The quantitative estimate of drug-likeness (QED) is 0.416. The Labute approximate surface area is 185 Å². The molecule has 30 heavy (non-hydrogen) atoms. The van der Waals surface area contributed by atoms with Gasteiger partial charge < -0.3 is 9.47 Å². The Hall–Kier alpha value is -2.50. The first-order valence-corrected chi connectivity index (χ1v) is 10.4. The van der Waals surface area contributed by atoms with E-state index < -0.39 is 0 Å². The van der Waals surface area contributed by atoms with Gasteiger partial charge in [-0.2, -0.15) is 0 Å². The van der Waals surface area contributed by atoms with Crippen LogP contribution in [0.25, 0.3) is 10.9 Å². The van der Waals surface area contributed by atoms with Gasteiger partial charge in [-0.25, -0.2) is 0 Å². The summed E-state index contributed by atoms with van der Waals surface area (Å²) in [6.07, 6.45) is 1.16. The minimum absolute atomic E-state index is 0.200. The predicted molar refractivity (Wildman–Crippen MR) is 119 cm³/mol. The topological polar surface area (TPSA) is 57.5 Å². The second-order valence-corrected chi connectivity index (χ2v) is 8.10. The summed E-state index contributed by atoms with van der Waals surface area (Å²) >= 11 is 12.3. The van der Waals surface area contributed by atoms with E-state index in [0.29, 0.717) is 50.1 Å². The smallest absolute Gasteiger partial charge is 0.311 e. The van der Waals surface area contributed by atoms with E-state index in [1.807, 2.05) is 13.8 Å². The monoisotopic (exact) mass is 447 g/mol. The van der Waals surface area contributed by atoms with E-state index in [0.717, 1.165) is 6.42 Å². The number of carbonyl (C=O) groups excluding carboxylic acids is 2. The van der Waals surface area contributed by atoms with E-state index in [1.54, 1.807) is 43.3 Å². The number of nitrogens with zero attached hydrogens (tertiary/aromatic N) is 1. The van der Waals surface area contributed by atoms with Gasteiger partial charge in [0.05, 0.1) is 23.3 Å². The third-order valence-corrected chi connectivity index (χ3v) is 5.69. The van der Waals surface area contributed by atoms with Gasteiger partial charge >= 0.3 is 5.97 Å². The summed E-state index contributed by atoms with van der Waals surface area (Å²) in [5.41, 5.74) is 1.49. The van der Waals surface area contributed by atoms with E-state index in [9.17, 15) is 9.59 Å². The Kier molecular flexibility index (Phi) is 6.74. The van der Waals surface area contributed by atoms with E-state index >= 15 is 0 Å². The van der Waals surface area contributed by atoms with Crippen molar-refractivity contribution in [2.75, 3.05) is 7.11 Å².